The zero-order valence-electron chi connectivity index (χ0n) is 11.8. The predicted octanol–water partition coefficient (Wildman–Crippen LogP) is 1.79. The topological polar surface area (TPSA) is 79.1 Å². The van der Waals surface area contributed by atoms with Gasteiger partial charge in [0.1, 0.15) is 10.6 Å². The molecule has 1 atom stereocenters. The van der Waals surface area contributed by atoms with Crippen molar-refractivity contribution in [3.63, 3.8) is 0 Å². The number of likely N-dealkylation sites (tertiary alicyclic amines) is 1. The monoisotopic (exact) mass is 292 g/mol. The molecule has 1 fully saturated rings. The first-order valence-corrected chi connectivity index (χ1v) is 7.68. The average Bonchev–Trinajstić information content (AvgIpc) is 3.00. The van der Waals surface area contributed by atoms with Crippen LogP contribution in [-0.4, -0.2) is 41.0 Å². The van der Waals surface area contributed by atoms with Crippen LogP contribution in [0.3, 0.4) is 0 Å². The smallest absolute Gasteiger partial charge is 0.240 e. The minimum atomic E-state index is 0.460. The van der Waals surface area contributed by atoms with E-state index >= 15 is 0 Å². The number of anilines is 2. The van der Waals surface area contributed by atoms with Crippen molar-refractivity contribution in [3.8, 4) is 0 Å². The number of aromatic nitrogens is 2. The summed E-state index contributed by atoms with van der Waals surface area (Å²) in [5, 5.41) is 4.54. The van der Waals surface area contributed by atoms with Crippen LogP contribution in [0.5, 0.6) is 0 Å². The number of hydrazine groups is 1. The number of hydrogen-bond acceptors (Lipinski definition) is 7. The fourth-order valence-corrected chi connectivity index (χ4v) is 3.57. The summed E-state index contributed by atoms with van der Waals surface area (Å²) in [7, 11) is 2.18. The molecule has 1 aliphatic heterocycles. The van der Waals surface area contributed by atoms with Gasteiger partial charge in [0.05, 0.1) is 5.39 Å². The van der Waals surface area contributed by atoms with Crippen LogP contribution in [0.15, 0.2) is 6.07 Å². The molecule has 2 aromatic heterocycles. The summed E-state index contributed by atoms with van der Waals surface area (Å²) in [5.41, 5.74) is 2.54. The van der Waals surface area contributed by atoms with Crippen LogP contribution >= 0.6 is 11.3 Å². The Bertz CT molecular complexity index is 610. The van der Waals surface area contributed by atoms with E-state index in [2.05, 4.69) is 45.6 Å². The van der Waals surface area contributed by atoms with E-state index in [1.807, 2.05) is 0 Å². The Labute approximate surface area is 122 Å². The molecule has 0 aliphatic carbocycles. The second-order valence-electron chi connectivity index (χ2n) is 5.27. The summed E-state index contributed by atoms with van der Waals surface area (Å²) in [5.74, 6) is 6.78. The summed E-state index contributed by atoms with van der Waals surface area (Å²) in [4.78, 5) is 13.4. The Hall–Kier alpha value is -1.44. The van der Waals surface area contributed by atoms with E-state index in [-0.39, 0.29) is 0 Å². The number of nitrogen functional groups attached to an aromatic ring is 1. The summed E-state index contributed by atoms with van der Waals surface area (Å²) in [6.45, 7) is 4.16. The first-order chi connectivity index (χ1) is 9.67. The molecule has 1 saturated heterocycles. The third kappa shape index (κ3) is 2.56. The maximum absolute atomic E-state index is 5.45. The number of thiophene rings is 1. The van der Waals surface area contributed by atoms with Crippen LogP contribution in [0.2, 0.25) is 0 Å². The number of aryl methyl sites for hydroxylation is 1. The number of fused-ring (bicyclic) bond motifs is 1. The van der Waals surface area contributed by atoms with Crippen LogP contribution in [-0.2, 0) is 0 Å². The van der Waals surface area contributed by atoms with Crippen molar-refractivity contribution in [1.82, 2.24) is 14.9 Å². The molecular weight excluding hydrogens is 272 g/mol. The lowest BCUT2D eigenvalue weighted by atomic mass is 10.2. The molecule has 0 radical (unpaired) electrons. The molecule has 1 aliphatic rings. The molecule has 4 N–H and O–H groups in total. The highest BCUT2D eigenvalue weighted by molar-refractivity contribution is 7.18. The third-order valence-electron chi connectivity index (χ3n) is 3.82. The molecule has 1 unspecified atom stereocenters. The highest BCUT2D eigenvalue weighted by atomic mass is 32.1. The van der Waals surface area contributed by atoms with E-state index in [4.69, 9.17) is 5.84 Å². The highest BCUT2D eigenvalue weighted by Crippen LogP contribution is 2.29. The molecule has 0 amide bonds. The van der Waals surface area contributed by atoms with E-state index in [9.17, 15) is 0 Å². The third-order valence-corrected chi connectivity index (χ3v) is 4.77. The first kappa shape index (κ1) is 13.5. The maximum atomic E-state index is 5.45. The largest absolute Gasteiger partial charge is 0.368 e. The van der Waals surface area contributed by atoms with Crippen molar-refractivity contribution >= 4 is 33.3 Å². The van der Waals surface area contributed by atoms with Gasteiger partial charge in [-0.2, -0.15) is 4.98 Å². The van der Waals surface area contributed by atoms with Crippen LogP contribution < -0.4 is 16.6 Å². The van der Waals surface area contributed by atoms with E-state index in [0.717, 1.165) is 22.6 Å². The van der Waals surface area contributed by atoms with Gasteiger partial charge in [0.15, 0.2) is 0 Å². The molecule has 0 aromatic carbocycles. The van der Waals surface area contributed by atoms with Gasteiger partial charge in [-0.1, -0.05) is 0 Å². The van der Waals surface area contributed by atoms with Gasteiger partial charge in [0.2, 0.25) is 5.95 Å². The fraction of sp³-hybridized carbons (Fsp3) is 0.538. The van der Waals surface area contributed by atoms with E-state index in [0.29, 0.717) is 12.0 Å². The van der Waals surface area contributed by atoms with Gasteiger partial charge in [-0.25, -0.2) is 10.8 Å². The molecule has 20 heavy (non-hydrogen) atoms. The van der Waals surface area contributed by atoms with E-state index < -0.39 is 0 Å². The molecule has 7 heteroatoms. The fourth-order valence-electron chi connectivity index (χ4n) is 2.69. The van der Waals surface area contributed by atoms with Gasteiger partial charge < -0.3 is 10.2 Å². The lowest BCUT2D eigenvalue weighted by Crippen LogP contribution is -2.31. The summed E-state index contributed by atoms with van der Waals surface area (Å²) < 4.78 is 0. The summed E-state index contributed by atoms with van der Waals surface area (Å²) in [6.07, 6.45) is 2.51. The minimum absolute atomic E-state index is 0.460. The van der Waals surface area contributed by atoms with Gasteiger partial charge in [-0.15, -0.1) is 11.3 Å². The Morgan fingerprint density at radius 1 is 1.50 bits per heavy atom. The van der Waals surface area contributed by atoms with Crippen molar-refractivity contribution in [3.05, 3.63) is 10.9 Å². The standard InChI is InChI=1S/C13H20N6S/c1-8-6-10-11(15-7-9-4-3-5-19(9)2)16-13(18-14)17-12(10)20-8/h6,9H,3-5,7,14H2,1-2H3,(H2,15,16,17,18). The molecule has 6 nitrogen and oxygen atoms in total. The normalized spacial score (nSPS) is 19.6. The molecule has 0 spiro atoms. The molecule has 0 saturated carbocycles. The molecule has 108 valence electrons. The van der Waals surface area contributed by atoms with Crippen LogP contribution in [0.25, 0.3) is 10.2 Å². The number of nitrogens with zero attached hydrogens (tertiary/aromatic N) is 3. The highest BCUT2D eigenvalue weighted by Gasteiger charge is 2.21. The molecule has 3 rings (SSSR count). The predicted molar refractivity (Wildman–Crippen MR) is 84.1 cm³/mol. The van der Waals surface area contributed by atoms with Crippen LogP contribution in [0.1, 0.15) is 17.7 Å². The van der Waals surface area contributed by atoms with Crippen LogP contribution in [0.4, 0.5) is 11.8 Å². The Morgan fingerprint density at radius 2 is 2.35 bits per heavy atom. The lowest BCUT2D eigenvalue weighted by Gasteiger charge is -2.20. The lowest BCUT2D eigenvalue weighted by molar-refractivity contribution is 0.322. The first-order valence-electron chi connectivity index (χ1n) is 6.86. The summed E-state index contributed by atoms with van der Waals surface area (Å²) >= 11 is 1.66. The Morgan fingerprint density at radius 3 is 3.05 bits per heavy atom. The van der Waals surface area contributed by atoms with Crippen LogP contribution in [0, 0.1) is 6.92 Å². The number of likely N-dealkylation sites (N-methyl/N-ethyl adjacent to an activating group) is 1. The summed E-state index contributed by atoms with van der Waals surface area (Å²) in [6, 6.07) is 2.70. The Balaban J connectivity index is 1.85. The van der Waals surface area contributed by atoms with Crippen molar-refractivity contribution in [1.29, 1.82) is 0 Å². The Kier molecular flexibility index (Phi) is 3.73. The van der Waals surface area contributed by atoms with E-state index in [1.165, 1.54) is 24.3 Å². The van der Waals surface area contributed by atoms with Gasteiger partial charge >= 0.3 is 0 Å². The zero-order chi connectivity index (χ0) is 14.1. The molecule has 0 bridgehead atoms. The maximum Gasteiger partial charge on any atom is 0.240 e. The van der Waals surface area contributed by atoms with Gasteiger partial charge in [-0.05, 0) is 39.4 Å². The number of nitrogens with two attached hydrogens (primary N) is 1. The van der Waals surface area contributed by atoms with Crippen molar-refractivity contribution in [2.75, 3.05) is 30.9 Å². The zero-order valence-corrected chi connectivity index (χ0v) is 12.6. The molecule has 2 aromatic rings. The number of hydrogen-bond donors (Lipinski definition) is 3. The van der Waals surface area contributed by atoms with Crippen molar-refractivity contribution in [2.24, 2.45) is 5.84 Å². The number of rotatable bonds is 4. The van der Waals surface area contributed by atoms with Gasteiger partial charge in [0.25, 0.3) is 0 Å². The van der Waals surface area contributed by atoms with Gasteiger partial charge in [-0.3, -0.25) is 5.43 Å². The quantitative estimate of drug-likeness (QED) is 0.589. The van der Waals surface area contributed by atoms with Crippen molar-refractivity contribution < 1.29 is 0 Å². The molecular formula is C13H20N6S. The van der Waals surface area contributed by atoms with Gasteiger partial charge in [0, 0.05) is 17.5 Å². The minimum Gasteiger partial charge on any atom is -0.368 e. The second-order valence-corrected chi connectivity index (χ2v) is 6.51. The number of nitrogens with one attached hydrogen (secondary N) is 2. The SMILES string of the molecule is Cc1cc2c(NCC3CCCN3C)nc(NN)nc2s1. The molecule has 3 heterocycles. The van der Waals surface area contributed by atoms with Crippen molar-refractivity contribution in [2.45, 2.75) is 25.8 Å². The average molecular weight is 292 g/mol. The van der Waals surface area contributed by atoms with E-state index in [1.54, 1.807) is 11.3 Å². The second kappa shape index (κ2) is 5.51.